The third kappa shape index (κ3) is 3.47. The molecule has 1 atom stereocenters. The van der Waals surface area contributed by atoms with E-state index >= 15 is 0 Å². The van der Waals surface area contributed by atoms with Gasteiger partial charge in [-0.2, -0.15) is 39.5 Å². The van der Waals surface area contributed by atoms with Crippen molar-refractivity contribution in [3.63, 3.8) is 0 Å². The average Bonchev–Trinajstić information content (AvgIpc) is 2.41. The first kappa shape index (κ1) is 20.6. The summed E-state index contributed by atoms with van der Waals surface area (Å²) in [5.41, 5.74) is -10.2. The lowest BCUT2D eigenvalue weighted by Gasteiger charge is -2.34. The minimum absolute atomic E-state index is 0.0330. The molecule has 1 unspecified atom stereocenters. The highest BCUT2D eigenvalue weighted by Crippen LogP contribution is 2.53. The molecule has 1 N–H and O–H groups in total. The Hall–Kier alpha value is -1.45. The highest BCUT2D eigenvalue weighted by atomic mass is 19.4. The monoisotopic (exact) mass is 368 g/mol. The van der Waals surface area contributed by atoms with Gasteiger partial charge in [0.25, 0.3) is 5.60 Å². The van der Waals surface area contributed by atoms with E-state index < -0.39 is 41.2 Å². The summed E-state index contributed by atoms with van der Waals surface area (Å²) in [4.78, 5) is 0. The Balaban J connectivity index is 3.80. The van der Waals surface area contributed by atoms with Crippen LogP contribution in [0.2, 0.25) is 0 Å². The van der Waals surface area contributed by atoms with E-state index in [9.17, 15) is 44.6 Å². The molecule has 0 aliphatic carbocycles. The number of alkyl halides is 9. The maximum atomic E-state index is 13.1. The van der Waals surface area contributed by atoms with Gasteiger partial charge in [0.15, 0.2) is 0 Å². The van der Waals surface area contributed by atoms with Crippen molar-refractivity contribution in [3.8, 4) is 0 Å². The molecule has 0 fully saturated rings. The van der Waals surface area contributed by atoms with E-state index in [1.54, 1.807) is 6.92 Å². The summed E-state index contributed by atoms with van der Waals surface area (Å²) in [5.74, 6) is -0.523. The highest BCUT2D eigenvalue weighted by Gasteiger charge is 2.72. The van der Waals surface area contributed by atoms with E-state index in [0.717, 1.165) is 6.07 Å². The normalized spacial score (nSPS) is 15.5. The van der Waals surface area contributed by atoms with E-state index in [1.807, 2.05) is 0 Å². The predicted octanol–water partition coefficient (Wildman–Crippen LogP) is 5.53. The van der Waals surface area contributed by atoms with Gasteiger partial charge in [-0.1, -0.05) is 26.0 Å². The van der Waals surface area contributed by atoms with Gasteiger partial charge >= 0.3 is 18.5 Å². The smallest absolute Gasteiger partial charge is 0.369 e. The molecule has 0 aliphatic heterocycles. The fourth-order valence-electron chi connectivity index (χ4n) is 2.12. The molecule has 0 amide bonds. The largest absolute Gasteiger partial charge is 0.430 e. The van der Waals surface area contributed by atoms with Crippen molar-refractivity contribution >= 4 is 0 Å². The van der Waals surface area contributed by atoms with Crippen molar-refractivity contribution in [1.29, 1.82) is 0 Å². The zero-order valence-corrected chi connectivity index (χ0v) is 12.4. The Kier molecular flexibility index (Phi) is 5.25. The summed E-state index contributed by atoms with van der Waals surface area (Å²) >= 11 is 0. The molecule has 1 nitrogen and oxygen atoms in total. The number of benzene rings is 1. The molecule has 0 radical (unpaired) electrons. The molecule has 1 aromatic rings. The standard InChI is InChI=1S/C14H13F9O/c1-3-7(2)8-4-5-9(10(6-8)12(15,16)17)11(24,13(18,19)20)14(21,22)23/h4-7,24H,3H2,1-2H3. The van der Waals surface area contributed by atoms with E-state index in [0.29, 0.717) is 6.42 Å². The van der Waals surface area contributed by atoms with E-state index in [-0.39, 0.29) is 17.7 Å². The number of hydrogen-bond donors (Lipinski definition) is 1. The van der Waals surface area contributed by atoms with Crippen LogP contribution >= 0.6 is 0 Å². The average molecular weight is 368 g/mol. The van der Waals surface area contributed by atoms with Crippen molar-refractivity contribution in [1.82, 2.24) is 0 Å². The van der Waals surface area contributed by atoms with Gasteiger partial charge in [-0.15, -0.1) is 0 Å². The quantitative estimate of drug-likeness (QED) is 0.696. The van der Waals surface area contributed by atoms with Crippen LogP contribution in [0.3, 0.4) is 0 Å². The molecular formula is C14H13F9O. The van der Waals surface area contributed by atoms with Crippen LogP contribution in [0.5, 0.6) is 0 Å². The number of hydrogen-bond acceptors (Lipinski definition) is 1. The van der Waals surface area contributed by atoms with Crippen molar-refractivity contribution < 1.29 is 44.6 Å². The second-order valence-corrected chi connectivity index (χ2v) is 5.32. The van der Waals surface area contributed by atoms with Crippen LogP contribution in [0.15, 0.2) is 18.2 Å². The van der Waals surface area contributed by atoms with Crippen LogP contribution in [-0.2, 0) is 11.8 Å². The predicted molar refractivity (Wildman–Crippen MR) is 66.2 cm³/mol. The van der Waals surface area contributed by atoms with Gasteiger partial charge in [-0.05, 0) is 24.0 Å². The van der Waals surface area contributed by atoms with Crippen molar-refractivity contribution in [3.05, 3.63) is 34.9 Å². The molecule has 0 spiro atoms. The molecule has 1 rings (SSSR count). The third-order valence-corrected chi connectivity index (χ3v) is 3.74. The molecule has 0 aromatic heterocycles. The maximum Gasteiger partial charge on any atom is 0.430 e. The SMILES string of the molecule is CCC(C)c1ccc(C(O)(C(F)(F)F)C(F)(F)F)c(C(F)(F)F)c1. The Morgan fingerprint density at radius 1 is 0.875 bits per heavy atom. The summed E-state index contributed by atoms with van der Waals surface area (Å²) in [5, 5.41) is 9.24. The second-order valence-electron chi connectivity index (χ2n) is 5.32. The minimum atomic E-state index is -6.39. The van der Waals surface area contributed by atoms with Gasteiger partial charge < -0.3 is 5.11 Å². The highest BCUT2D eigenvalue weighted by molar-refractivity contribution is 5.41. The Morgan fingerprint density at radius 2 is 1.33 bits per heavy atom. The van der Waals surface area contributed by atoms with Crippen LogP contribution in [-0.4, -0.2) is 17.5 Å². The zero-order chi connectivity index (χ0) is 19.1. The van der Waals surface area contributed by atoms with Gasteiger partial charge in [0.1, 0.15) is 0 Å². The first-order valence-electron chi connectivity index (χ1n) is 6.64. The van der Waals surface area contributed by atoms with Crippen LogP contribution in [0.4, 0.5) is 39.5 Å². The van der Waals surface area contributed by atoms with Crippen molar-refractivity contribution in [2.75, 3.05) is 0 Å². The van der Waals surface area contributed by atoms with Crippen LogP contribution in [0, 0.1) is 0 Å². The first-order chi connectivity index (χ1) is 10.6. The molecule has 0 saturated carbocycles. The zero-order valence-electron chi connectivity index (χ0n) is 12.4. The fourth-order valence-corrected chi connectivity index (χ4v) is 2.12. The molecule has 1 aromatic carbocycles. The molecule has 10 heteroatoms. The maximum absolute atomic E-state index is 13.1. The summed E-state index contributed by atoms with van der Waals surface area (Å²) in [6.07, 6.45) is -18.0. The van der Waals surface area contributed by atoms with Gasteiger partial charge in [0.2, 0.25) is 0 Å². The summed E-state index contributed by atoms with van der Waals surface area (Å²) in [6.45, 7) is 3.06. The molecular weight excluding hydrogens is 355 g/mol. The van der Waals surface area contributed by atoms with Gasteiger partial charge in [0.05, 0.1) is 5.56 Å². The number of rotatable bonds is 3. The molecule has 138 valence electrons. The van der Waals surface area contributed by atoms with Crippen molar-refractivity contribution in [2.24, 2.45) is 0 Å². The Bertz CT molecular complexity index is 569. The summed E-state index contributed by atoms with van der Waals surface area (Å²) < 4.78 is 116. The first-order valence-corrected chi connectivity index (χ1v) is 6.64. The fraction of sp³-hybridized carbons (Fsp3) is 0.571. The molecule has 0 aliphatic rings. The lowest BCUT2D eigenvalue weighted by molar-refractivity contribution is -0.377. The lowest BCUT2D eigenvalue weighted by atomic mass is 9.85. The third-order valence-electron chi connectivity index (χ3n) is 3.74. The number of halogens is 9. The Labute approximate surface area is 131 Å². The van der Waals surface area contributed by atoms with Crippen LogP contribution < -0.4 is 0 Å². The molecule has 0 heterocycles. The summed E-state index contributed by atoms with van der Waals surface area (Å²) in [7, 11) is 0. The molecule has 0 bridgehead atoms. The van der Waals surface area contributed by atoms with E-state index in [2.05, 4.69) is 0 Å². The second kappa shape index (κ2) is 6.12. The minimum Gasteiger partial charge on any atom is -0.369 e. The molecule has 24 heavy (non-hydrogen) atoms. The van der Waals surface area contributed by atoms with Crippen LogP contribution in [0.1, 0.15) is 42.9 Å². The number of aliphatic hydroxyl groups is 1. The van der Waals surface area contributed by atoms with Gasteiger partial charge in [0, 0.05) is 5.56 Å². The van der Waals surface area contributed by atoms with Crippen LogP contribution in [0.25, 0.3) is 0 Å². The van der Waals surface area contributed by atoms with E-state index in [4.69, 9.17) is 0 Å². The molecule has 0 saturated heterocycles. The van der Waals surface area contributed by atoms with Gasteiger partial charge in [-0.3, -0.25) is 0 Å². The lowest BCUT2D eigenvalue weighted by Crippen LogP contribution is -2.54. The van der Waals surface area contributed by atoms with Gasteiger partial charge in [-0.25, -0.2) is 0 Å². The van der Waals surface area contributed by atoms with E-state index in [1.165, 1.54) is 6.92 Å². The topological polar surface area (TPSA) is 20.2 Å². The summed E-state index contributed by atoms with van der Waals surface area (Å²) in [6, 6.07) is 0.971. The Morgan fingerprint density at radius 3 is 1.67 bits per heavy atom. The van der Waals surface area contributed by atoms with Crippen molar-refractivity contribution in [2.45, 2.75) is 50.3 Å².